The zero-order valence-electron chi connectivity index (χ0n) is 13.8. The van der Waals surface area contributed by atoms with E-state index in [9.17, 15) is 4.79 Å². The van der Waals surface area contributed by atoms with Gasteiger partial charge in [-0.15, -0.1) is 12.4 Å². The molecule has 0 saturated carbocycles. The van der Waals surface area contributed by atoms with Gasteiger partial charge in [0.25, 0.3) is 0 Å². The minimum Gasteiger partial charge on any atom is -0.496 e. The van der Waals surface area contributed by atoms with Crippen LogP contribution in [0, 0.1) is 5.41 Å². The number of fused-ring (bicyclic) bond motifs is 4. The Kier molecular flexibility index (Phi) is 4.74. The summed E-state index contributed by atoms with van der Waals surface area (Å²) in [6, 6.07) is 5.70. The summed E-state index contributed by atoms with van der Waals surface area (Å²) in [5.41, 5.74) is 1.64. The summed E-state index contributed by atoms with van der Waals surface area (Å²) in [4.78, 5) is 18.2. The SMILES string of the molecule is COc1cccc2[nH]cc(C(=O)OCC34CCN(CC3)CC4)c12.Cl. The number of halogens is 1. The summed E-state index contributed by atoms with van der Waals surface area (Å²) in [5, 5.41) is 0.802. The minimum absolute atomic E-state index is 0. The Bertz CT molecular complexity index is 721. The summed E-state index contributed by atoms with van der Waals surface area (Å²) in [6.45, 7) is 3.94. The fraction of sp³-hybridized carbons (Fsp3) is 0.500. The quantitative estimate of drug-likeness (QED) is 0.860. The number of aromatic amines is 1. The van der Waals surface area contributed by atoms with Gasteiger partial charge in [0, 0.05) is 11.6 Å². The van der Waals surface area contributed by atoms with Gasteiger partial charge < -0.3 is 19.4 Å². The lowest BCUT2D eigenvalue weighted by Crippen LogP contribution is -2.50. The highest BCUT2D eigenvalue weighted by Crippen LogP contribution is 2.40. The smallest absolute Gasteiger partial charge is 0.340 e. The van der Waals surface area contributed by atoms with Gasteiger partial charge in [-0.25, -0.2) is 4.79 Å². The number of benzene rings is 1. The van der Waals surface area contributed by atoms with Crippen molar-refractivity contribution in [3.63, 3.8) is 0 Å². The molecule has 0 aliphatic carbocycles. The summed E-state index contributed by atoms with van der Waals surface area (Å²) in [6.07, 6.45) is 5.13. The molecule has 0 radical (unpaired) electrons. The molecule has 2 bridgehead atoms. The maximum Gasteiger partial charge on any atom is 0.340 e. The molecule has 3 aliphatic heterocycles. The number of ether oxygens (including phenoxy) is 2. The summed E-state index contributed by atoms with van der Waals surface area (Å²) in [5.74, 6) is 0.433. The van der Waals surface area contributed by atoms with E-state index < -0.39 is 0 Å². The Labute approximate surface area is 147 Å². The Morgan fingerprint density at radius 2 is 1.96 bits per heavy atom. The molecule has 0 unspecified atom stereocenters. The van der Waals surface area contributed by atoms with Gasteiger partial charge in [0.15, 0.2) is 0 Å². The predicted molar refractivity (Wildman–Crippen MR) is 95.1 cm³/mol. The number of nitrogens with one attached hydrogen (secondary N) is 1. The highest BCUT2D eigenvalue weighted by molar-refractivity contribution is 6.06. The fourth-order valence-corrected chi connectivity index (χ4v) is 3.89. The van der Waals surface area contributed by atoms with Gasteiger partial charge in [-0.1, -0.05) is 6.07 Å². The van der Waals surface area contributed by atoms with Gasteiger partial charge in [0.1, 0.15) is 5.75 Å². The molecular weight excluding hydrogens is 328 g/mol. The number of nitrogens with zero attached hydrogens (tertiary/aromatic N) is 1. The van der Waals surface area contributed by atoms with E-state index in [0.717, 1.165) is 49.8 Å². The summed E-state index contributed by atoms with van der Waals surface area (Å²) < 4.78 is 11.1. The summed E-state index contributed by atoms with van der Waals surface area (Å²) in [7, 11) is 1.62. The van der Waals surface area contributed by atoms with Crippen LogP contribution >= 0.6 is 12.4 Å². The first-order chi connectivity index (χ1) is 11.2. The second-order valence-electron chi connectivity index (χ2n) is 6.75. The molecule has 3 fully saturated rings. The molecular formula is C18H23ClN2O3. The number of H-pyrrole nitrogens is 1. The zero-order chi connectivity index (χ0) is 15.9. The highest BCUT2D eigenvalue weighted by atomic mass is 35.5. The Morgan fingerprint density at radius 3 is 2.62 bits per heavy atom. The monoisotopic (exact) mass is 350 g/mol. The van der Waals surface area contributed by atoms with Gasteiger partial charge in [0.2, 0.25) is 0 Å². The average molecular weight is 351 g/mol. The van der Waals surface area contributed by atoms with Crippen molar-refractivity contribution in [1.82, 2.24) is 9.88 Å². The first-order valence-corrected chi connectivity index (χ1v) is 8.24. The van der Waals surface area contributed by atoms with E-state index in [1.54, 1.807) is 13.3 Å². The second kappa shape index (κ2) is 6.65. The first kappa shape index (κ1) is 17.1. The van der Waals surface area contributed by atoms with Crippen LogP contribution in [0.5, 0.6) is 5.75 Å². The third-order valence-corrected chi connectivity index (χ3v) is 5.49. The van der Waals surface area contributed by atoms with E-state index in [1.165, 1.54) is 0 Å². The molecule has 3 saturated heterocycles. The normalized spacial score (nSPS) is 25.3. The van der Waals surface area contributed by atoms with Crippen LogP contribution in [0.25, 0.3) is 10.9 Å². The van der Waals surface area contributed by atoms with Gasteiger partial charge in [-0.3, -0.25) is 0 Å². The van der Waals surface area contributed by atoms with Crippen molar-refractivity contribution in [3.8, 4) is 5.75 Å². The Morgan fingerprint density at radius 1 is 1.25 bits per heavy atom. The van der Waals surface area contributed by atoms with Gasteiger partial charge >= 0.3 is 5.97 Å². The zero-order valence-corrected chi connectivity index (χ0v) is 14.7. The third kappa shape index (κ3) is 2.87. The maximum absolute atomic E-state index is 12.6. The van der Waals surface area contributed by atoms with E-state index in [0.29, 0.717) is 17.9 Å². The van der Waals surface area contributed by atoms with Crippen molar-refractivity contribution in [2.75, 3.05) is 33.4 Å². The average Bonchev–Trinajstić information content (AvgIpc) is 3.05. The first-order valence-electron chi connectivity index (χ1n) is 8.24. The molecule has 0 atom stereocenters. The number of esters is 1. The number of hydrogen-bond donors (Lipinski definition) is 1. The topological polar surface area (TPSA) is 54.6 Å². The molecule has 3 aliphatic rings. The standard InChI is InChI=1S/C18H22N2O3.ClH/c1-22-15-4-2-3-14-16(15)13(11-19-14)17(21)23-12-18-5-8-20(9-6-18)10-7-18;/h2-4,11,19H,5-10,12H2,1H3;1H. The van der Waals surface area contributed by atoms with Crippen molar-refractivity contribution in [3.05, 3.63) is 30.0 Å². The maximum atomic E-state index is 12.6. The van der Waals surface area contributed by atoms with E-state index in [-0.39, 0.29) is 23.8 Å². The molecule has 5 rings (SSSR count). The van der Waals surface area contributed by atoms with E-state index >= 15 is 0 Å². The van der Waals surface area contributed by atoms with Gasteiger partial charge in [-0.05, 0) is 51.0 Å². The van der Waals surface area contributed by atoms with Crippen LogP contribution in [0.2, 0.25) is 0 Å². The number of methoxy groups -OCH3 is 1. The molecule has 5 nitrogen and oxygen atoms in total. The third-order valence-electron chi connectivity index (χ3n) is 5.49. The van der Waals surface area contributed by atoms with Crippen LogP contribution in [0.4, 0.5) is 0 Å². The van der Waals surface area contributed by atoms with Crippen LogP contribution in [0.15, 0.2) is 24.4 Å². The lowest BCUT2D eigenvalue weighted by molar-refractivity contribution is -0.0304. The van der Waals surface area contributed by atoms with E-state index in [4.69, 9.17) is 9.47 Å². The Hall–Kier alpha value is -1.72. The van der Waals surface area contributed by atoms with Crippen molar-refractivity contribution in [1.29, 1.82) is 0 Å². The number of carbonyl (C=O) groups is 1. The fourth-order valence-electron chi connectivity index (χ4n) is 3.89. The van der Waals surface area contributed by atoms with E-state index in [2.05, 4.69) is 9.88 Å². The van der Waals surface area contributed by atoms with Crippen molar-refractivity contribution in [2.45, 2.75) is 19.3 Å². The van der Waals surface area contributed by atoms with Crippen molar-refractivity contribution < 1.29 is 14.3 Å². The van der Waals surface area contributed by atoms with Crippen molar-refractivity contribution in [2.24, 2.45) is 5.41 Å². The van der Waals surface area contributed by atoms with E-state index in [1.807, 2.05) is 18.2 Å². The van der Waals surface area contributed by atoms with Crippen LogP contribution < -0.4 is 4.74 Å². The van der Waals surface area contributed by atoms with Crippen LogP contribution in [0.1, 0.15) is 29.6 Å². The molecule has 24 heavy (non-hydrogen) atoms. The van der Waals surface area contributed by atoms with Crippen LogP contribution in [-0.2, 0) is 4.74 Å². The molecule has 130 valence electrons. The van der Waals surface area contributed by atoms with Crippen LogP contribution in [0.3, 0.4) is 0 Å². The number of carbonyl (C=O) groups excluding carboxylic acids is 1. The van der Waals surface area contributed by atoms with Gasteiger partial charge in [-0.2, -0.15) is 0 Å². The molecule has 4 heterocycles. The number of hydrogen-bond acceptors (Lipinski definition) is 4. The lowest BCUT2D eigenvalue weighted by Gasteiger charge is -2.47. The molecule has 1 N–H and O–H groups in total. The highest BCUT2D eigenvalue weighted by Gasteiger charge is 2.40. The van der Waals surface area contributed by atoms with Crippen molar-refractivity contribution >= 4 is 29.3 Å². The summed E-state index contributed by atoms with van der Waals surface area (Å²) >= 11 is 0. The van der Waals surface area contributed by atoms with Crippen LogP contribution in [-0.4, -0.2) is 49.2 Å². The van der Waals surface area contributed by atoms with Gasteiger partial charge in [0.05, 0.1) is 30.2 Å². The molecule has 6 heteroatoms. The predicted octanol–water partition coefficient (Wildman–Crippen LogP) is 3.24. The second-order valence-corrected chi connectivity index (χ2v) is 6.75. The number of aromatic nitrogens is 1. The molecule has 1 aromatic heterocycles. The largest absolute Gasteiger partial charge is 0.496 e. The number of rotatable bonds is 4. The Balaban J connectivity index is 0.00000169. The molecule has 0 spiro atoms. The number of piperidine rings is 3. The molecule has 1 aromatic carbocycles. The lowest BCUT2D eigenvalue weighted by atomic mass is 9.73. The molecule has 2 aromatic rings. The molecule has 0 amide bonds. The minimum atomic E-state index is -0.261.